The normalized spacial score (nSPS) is 16.5. The van der Waals surface area contributed by atoms with Crippen molar-refractivity contribution in [1.82, 2.24) is 19.9 Å². The summed E-state index contributed by atoms with van der Waals surface area (Å²) in [5, 5.41) is 2.80. The minimum atomic E-state index is -0.210. The molecule has 4 rings (SSSR count). The molecule has 1 aliphatic rings. The van der Waals surface area contributed by atoms with E-state index in [2.05, 4.69) is 19.9 Å². The van der Waals surface area contributed by atoms with Crippen molar-refractivity contribution in [3.63, 3.8) is 0 Å². The minimum absolute atomic E-state index is 0.210. The summed E-state index contributed by atoms with van der Waals surface area (Å²) in [5.41, 5.74) is 1.61. The molecule has 3 aromatic rings. The molecule has 2 aromatic heterocycles. The molecule has 0 unspecified atom stereocenters. The molecule has 1 aromatic carbocycles. The average Bonchev–Trinajstić information content (AvgIpc) is 3.28. The third-order valence-electron chi connectivity index (χ3n) is 4.54. The summed E-state index contributed by atoms with van der Waals surface area (Å²) in [6, 6.07) is 6.82. The maximum absolute atomic E-state index is 13.9. The SMILES string of the molecule is Fc1ccccc1-c1nc(CN2CCC(c3ncc[nH]3)CC2)cs1. The van der Waals surface area contributed by atoms with Crippen LogP contribution < -0.4 is 0 Å². The summed E-state index contributed by atoms with van der Waals surface area (Å²) in [5.74, 6) is 1.42. The lowest BCUT2D eigenvalue weighted by Crippen LogP contribution is -2.32. The number of piperidine rings is 1. The average molecular weight is 342 g/mol. The number of hydrogen-bond acceptors (Lipinski definition) is 4. The van der Waals surface area contributed by atoms with E-state index in [1.165, 1.54) is 17.4 Å². The van der Waals surface area contributed by atoms with Gasteiger partial charge in [-0.3, -0.25) is 4.90 Å². The van der Waals surface area contributed by atoms with Crippen molar-refractivity contribution in [3.05, 3.63) is 59.4 Å². The van der Waals surface area contributed by atoms with Crippen molar-refractivity contribution in [3.8, 4) is 10.6 Å². The van der Waals surface area contributed by atoms with Gasteiger partial charge in [0.15, 0.2) is 0 Å². The van der Waals surface area contributed by atoms with E-state index in [0.717, 1.165) is 49.0 Å². The summed E-state index contributed by atoms with van der Waals surface area (Å²) >= 11 is 1.51. The highest BCUT2D eigenvalue weighted by Crippen LogP contribution is 2.29. The Morgan fingerprint density at radius 2 is 2.08 bits per heavy atom. The van der Waals surface area contributed by atoms with Gasteiger partial charge in [0.05, 0.1) is 5.69 Å². The van der Waals surface area contributed by atoms with E-state index in [9.17, 15) is 4.39 Å². The van der Waals surface area contributed by atoms with Crippen LogP contribution in [-0.4, -0.2) is 32.9 Å². The number of halogens is 1. The van der Waals surface area contributed by atoms with Crippen molar-refractivity contribution >= 4 is 11.3 Å². The Labute approximate surface area is 144 Å². The fourth-order valence-electron chi connectivity index (χ4n) is 3.23. The van der Waals surface area contributed by atoms with Crippen LogP contribution in [0.3, 0.4) is 0 Å². The van der Waals surface area contributed by atoms with Crippen molar-refractivity contribution in [2.24, 2.45) is 0 Å². The number of aromatic nitrogens is 3. The molecule has 0 saturated carbocycles. The van der Waals surface area contributed by atoms with Gasteiger partial charge in [-0.2, -0.15) is 0 Å². The van der Waals surface area contributed by atoms with Gasteiger partial charge in [-0.25, -0.2) is 14.4 Å². The first-order valence-corrected chi connectivity index (χ1v) is 9.08. The zero-order chi connectivity index (χ0) is 16.4. The Balaban J connectivity index is 1.38. The van der Waals surface area contributed by atoms with E-state index in [1.807, 2.05) is 23.8 Å². The molecule has 0 radical (unpaired) electrons. The molecule has 0 spiro atoms. The second kappa shape index (κ2) is 6.83. The van der Waals surface area contributed by atoms with Crippen LogP contribution in [0.25, 0.3) is 10.6 Å². The minimum Gasteiger partial charge on any atom is -0.348 e. The smallest absolute Gasteiger partial charge is 0.133 e. The Morgan fingerprint density at radius 1 is 1.25 bits per heavy atom. The van der Waals surface area contributed by atoms with E-state index < -0.39 is 0 Å². The third-order valence-corrected chi connectivity index (χ3v) is 5.46. The second-order valence-corrected chi connectivity index (χ2v) is 7.01. The number of aromatic amines is 1. The molecule has 124 valence electrons. The van der Waals surface area contributed by atoms with Gasteiger partial charge in [0.2, 0.25) is 0 Å². The van der Waals surface area contributed by atoms with Crippen molar-refractivity contribution < 1.29 is 4.39 Å². The number of likely N-dealkylation sites (tertiary alicyclic amines) is 1. The van der Waals surface area contributed by atoms with E-state index >= 15 is 0 Å². The lowest BCUT2D eigenvalue weighted by Gasteiger charge is -2.30. The van der Waals surface area contributed by atoms with E-state index in [1.54, 1.807) is 12.1 Å². The predicted octanol–water partition coefficient (Wildman–Crippen LogP) is 4.05. The molecule has 0 bridgehead atoms. The van der Waals surface area contributed by atoms with Gasteiger partial charge in [0, 0.05) is 35.8 Å². The standard InChI is InChI=1S/C18H19FN4S/c19-16-4-2-1-3-15(16)18-22-14(12-24-18)11-23-9-5-13(6-10-23)17-20-7-8-21-17/h1-4,7-8,12-13H,5-6,9-11H2,(H,20,21). The number of nitrogens with zero attached hydrogens (tertiary/aromatic N) is 3. The first-order chi connectivity index (χ1) is 11.8. The lowest BCUT2D eigenvalue weighted by atomic mass is 9.96. The quantitative estimate of drug-likeness (QED) is 0.778. The molecule has 24 heavy (non-hydrogen) atoms. The van der Waals surface area contributed by atoms with Gasteiger partial charge in [-0.15, -0.1) is 11.3 Å². The van der Waals surface area contributed by atoms with Crippen LogP contribution in [-0.2, 0) is 6.54 Å². The van der Waals surface area contributed by atoms with Gasteiger partial charge >= 0.3 is 0 Å². The first kappa shape index (κ1) is 15.5. The lowest BCUT2D eigenvalue weighted by molar-refractivity contribution is 0.200. The number of nitrogens with one attached hydrogen (secondary N) is 1. The number of H-pyrrole nitrogens is 1. The highest BCUT2D eigenvalue weighted by molar-refractivity contribution is 7.13. The van der Waals surface area contributed by atoms with Crippen LogP contribution in [0.5, 0.6) is 0 Å². The van der Waals surface area contributed by atoms with Crippen LogP contribution >= 0.6 is 11.3 Å². The largest absolute Gasteiger partial charge is 0.348 e. The zero-order valence-electron chi connectivity index (χ0n) is 13.3. The number of imidazole rings is 1. The van der Waals surface area contributed by atoms with Crippen LogP contribution in [0.1, 0.15) is 30.3 Å². The van der Waals surface area contributed by atoms with E-state index in [-0.39, 0.29) is 5.82 Å². The van der Waals surface area contributed by atoms with Crippen molar-refractivity contribution in [2.75, 3.05) is 13.1 Å². The number of benzene rings is 1. The topological polar surface area (TPSA) is 44.8 Å². The van der Waals surface area contributed by atoms with Crippen LogP contribution in [0.15, 0.2) is 42.0 Å². The van der Waals surface area contributed by atoms with Gasteiger partial charge in [0.1, 0.15) is 16.6 Å². The predicted molar refractivity (Wildman–Crippen MR) is 93.3 cm³/mol. The molecular weight excluding hydrogens is 323 g/mol. The Kier molecular flexibility index (Phi) is 4.40. The molecule has 0 amide bonds. The Hall–Kier alpha value is -2.05. The third kappa shape index (κ3) is 3.25. The summed E-state index contributed by atoms with van der Waals surface area (Å²) in [6.45, 7) is 2.91. The summed E-state index contributed by atoms with van der Waals surface area (Å²) in [7, 11) is 0. The molecule has 4 nitrogen and oxygen atoms in total. The molecule has 1 saturated heterocycles. The van der Waals surface area contributed by atoms with Gasteiger partial charge in [-0.05, 0) is 38.1 Å². The van der Waals surface area contributed by atoms with Crippen molar-refractivity contribution in [1.29, 1.82) is 0 Å². The summed E-state index contributed by atoms with van der Waals surface area (Å²) in [6.07, 6.45) is 5.93. The van der Waals surface area contributed by atoms with Crippen LogP contribution in [0.4, 0.5) is 4.39 Å². The summed E-state index contributed by atoms with van der Waals surface area (Å²) < 4.78 is 13.9. The molecule has 1 fully saturated rings. The number of thiazole rings is 1. The molecule has 1 aliphatic heterocycles. The fourth-order valence-corrected chi connectivity index (χ4v) is 4.07. The fraction of sp³-hybridized carbons (Fsp3) is 0.333. The number of hydrogen-bond donors (Lipinski definition) is 1. The van der Waals surface area contributed by atoms with Gasteiger partial charge in [0.25, 0.3) is 0 Å². The van der Waals surface area contributed by atoms with E-state index in [0.29, 0.717) is 11.5 Å². The highest BCUT2D eigenvalue weighted by atomic mass is 32.1. The molecule has 1 N–H and O–H groups in total. The second-order valence-electron chi connectivity index (χ2n) is 6.15. The molecule has 6 heteroatoms. The molecular formula is C18H19FN4S. The highest BCUT2D eigenvalue weighted by Gasteiger charge is 2.22. The summed E-state index contributed by atoms with van der Waals surface area (Å²) in [4.78, 5) is 14.6. The Bertz CT molecular complexity index is 791. The molecule has 0 aliphatic carbocycles. The maximum atomic E-state index is 13.9. The maximum Gasteiger partial charge on any atom is 0.133 e. The van der Waals surface area contributed by atoms with E-state index in [4.69, 9.17) is 0 Å². The zero-order valence-corrected chi connectivity index (χ0v) is 14.1. The Morgan fingerprint density at radius 3 is 2.83 bits per heavy atom. The first-order valence-electron chi connectivity index (χ1n) is 8.20. The van der Waals surface area contributed by atoms with Crippen molar-refractivity contribution in [2.45, 2.75) is 25.3 Å². The monoisotopic (exact) mass is 342 g/mol. The van der Waals surface area contributed by atoms with Gasteiger partial charge < -0.3 is 4.98 Å². The molecule has 0 atom stereocenters. The van der Waals surface area contributed by atoms with Crippen LogP contribution in [0.2, 0.25) is 0 Å². The van der Waals surface area contributed by atoms with Gasteiger partial charge in [-0.1, -0.05) is 12.1 Å². The van der Waals surface area contributed by atoms with Crippen LogP contribution in [0, 0.1) is 5.82 Å². The number of rotatable bonds is 4. The molecule has 3 heterocycles.